The van der Waals surface area contributed by atoms with Crippen molar-refractivity contribution in [1.29, 1.82) is 0 Å². The molecule has 292 valence electrons. The van der Waals surface area contributed by atoms with Crippen LogP contribution in [0.4, 0.5) is 0 Å². The summed E-state index contributed by atoms with van der Waals surface area (Å²) < 4.78 is 5.83. The van der Waals surface area contributed by atoms with Crippen LogP contribution in [0.15, 0.2) is 0 Å². The Hall–Kier alpha value is -3.26. The summed E-state index contributed by atoms with van der Waals surface area (Å²) in [7, 11) is 1.55. The van der Waals surface area contributed by atoms with E-state index in [4.69, 9.17) is 10.5 Å². The van der Waals surface area contributed by atoms with E-state index in [9.17, 15) is 33.9 Å². The van der Waals surface area contributed by atoms with Gasteiger partial charge in [0.05, 0.1) is 12.0 Å². The molecule has 1 saturated heterocycles. The number of unbranched alkanes of at least 4 members (excludes halogenated alkanes) is 7. The van der Waals surface area contributed by atoms with Crippen LogP contribution in [-0.2, 0) is 33.5 Å². The van der Waals surface area contributed by atoms with Crippen molar-refractivity contribution in [2.75, 3.05) is 20.1 Å². The number of aliphatic hydroxyl groups excluding tert-OH is 1. The molecule has 0 radical (unpaired) electrons. The number of rotatable bonds is 14. The zero-order valence-corrected chi connectivity index (χ0v) is 31.8. The van der Waals surface area contributed by atoms with E-state index >= 15 is 0 Å². The summed E-state index contributed by atoms with van der Waals surface area (Å²) in [6, 6.07) is -4.67. The average molecular weight is 723 g/mol. The van der Waals surface area contributed by atoms with E-state index in [0.717, 1.165) is 38.5 Å². The van der Waals surface area contributed by atoms with Crippen molar-refractivity contribution in [2.24, 2.45) is 23.5 Å². The highest BCUT2D eigenvalue weighted by molar-refractivity contribution is 5.96. The lowest BCUT2D eigenvalue weighted by Crippen LogP contribution is -2.62. The predicted octanol–water partition coefficient (Wildman–Crippen LogP) is 2.05. The largest absolute Gasteiger partial charge is 0.460 e. The molecule has 0 bridgehead atoms. The van der Waals surface area contributed by atoms with Gasteiger partial charge in [-0.1, -0.05) is 85.5 Å². The molecule has 1 aliphatic carbocycles. The standard InChI is InChI=1S/C37H66N6O8/c1-7-8-9-10-11-12-13-14-19-29-24(4)37(50)43(6)28(20-23(2)3)34(47)42-32(26-17-15-16-18-26)36(49)40-27(21-38)33(46)41-31(25(5)44)35(48)39-22-30(45)51-29/h23-29,31-32,44H,7-22,38H2,1-6H3,(H,39,48)(H,40,49)(H,41,46)(H,42,47)/t24-,25+,27+,28+,29-,31+,32?/m1/s1. The van der Waals surface area contributed by atoms with E-state index in [1.807, 2.05) is 13.8 Å². The summed E-state index contributed by atoms with van der Waals surface area (Å²) in [5, 5.41) is 20.8. The van der Waals surface area contributed by atoms with Crippen molar-refractivity contribution < 1.29 is 38.6 Å². The van der Waals surface area contributed by atoms with E-state index in [-0.39, 0.29) is 24.3 Å². The fourth-order valence-electron chi connectivity index (χ4n) is 6.98. The Morgan fingerprint density at radius 1 is 0.843 bits per heavy atom. The number of aliphatic hydroxyl groups is 1. The first kappa shape index (κ1) is 43.9. The first-order valence-electron chi connectivity index (χ1n) is 19.2. The number of nitrogens with two attached hydrogens (primary N) is 1. The fourth-order valence-corrected chi connectivity index (χ4v) is 6.98. The molecule has 7 N–H and O–H groups in total. The lowest BCUT2D eigenvalue weighted by atomic mass is 9.93. The van der Waals surface area contributed by atoms with Crippen LogP contribution < -0.4 is 27.0 Å². The molecule has 14 heteroatoms. The van der Waals surface area contributed by atoms with Crippen molar-refractivity contribution in [3.63, 3.8) is 0 Å². The van der Waals surface area contributed by atoms with Crippen molar-refractivity contribution in [3.05, 3.63) is 0 Å². The second kappa shape index (κ2) is 22.6. The van der Waals surface area contributed by atoms with Crippen molar-refractivity contribution in [1.82, 2.24) is 26.2 Å². The molecule has 1 saturated carbocycles. The Kier molecular flexibility index (Phi) is 19.5. The molecule has 0 spiro atoms. The normalized spacial score (nSPS) is 27.5. The van der Waals surface area contributed by atoms with Crippen molar-refractivity contribution in [2.45, 2.75) is 161 Å². The molecule has 5 amide bonds. The molecule has 7 atom stereocenters. The molecule has 1 heterocycles. The molecule has 2 aliphatic rings. The molecule has 14 nitrogen and oxygen atoms in total. The first-order chi connectivity index (χ1) is 24.2. The van der Waals surface area contributed by atoms with Gasteiger partial charge in [0, 0.05) is 13.6 Å². The lowest BCUT2D eigenvalue weighted by molar-refractivity contribution is -0.157. The van der Waals surface area contributed by atoms with E-state index < -0.39 is 78.4 Å². The number of carbonyl (C=O) groups is 6. The first-order valence-corrected chi connectivity index (χ1v) is 19.2. The highest BCUT2D eigenvalue weighted by Gasteiger charge is 2.40. The maximum absolute atomic E-state index is 14.1. The number of carbonyl (C=O) groups excluding carboxylic acids is 6. The summed E-state index contributed by atoms with van der Waals surface area (Å²) in [5.41, 5.74) is 5.87. The average Bonchev–Trinajstić information content (AvgIpc) is 3.63. The second-order valence-electron chi connectivity index (χ2n) is 14.9. The third-order valence-corrected chi connectivity index (χ3v) is 10.2. The van der Waals surface area contributed by atoms with Gasteiger partial charge in [0.15, 0.2) is 0 Å². The van der Waals surface area contributed by atoms with Crippen LogP contribution in [0.3, 0.4) is 0 Å². The summed E-state index contributed by atoms with van der Waals surface area (Å²) in [6.45, 7) is 8.14. The van der Waals surface area contributed by atoms with Gasteiger partial charge in [0.25, 0.3) is 0 Å². The zero-order valence-electron chi connectivity index (χ0n) is 31.8. The molecule has 2 rings (SSSR count). The minimum absolute atomic E-state index is 0.0217. The van der Waals surface area contributed by atoms with Crippen LogP contribution in [0, 0.1) is 17.8 Å². The van der Waals surface area contributed by atoms with Gasteiger partial charge in [-0.3, -0.25) is 28.8 Å². The maximum atomic E-state index is 14.1. The van der Waals surface area contributed by atoms with Gasteiger partial charge in [-0.25, -0.2) is 0 Å². The summed E-state index contributed by atoms with van der Waals surface area (Å²) in [4.78, 5) is 82.8. The number of amides is 5. The highest BCUT2D eigenvalue weighted by atomic mass is 16.5. The van der Waals surface area contributed by atoms with Crippen LogP contribution >= 0.6 is 0 Å². The monoisotopic (exact) mass is 722 g/mol. The van der Waals surface area contributed by atoms with Gasteiger partial charge in [0.2, 0.25) is 29.5 Å². The lowest BCUT2D eigenvalue weighted by Gasteiger charge is -2.34. The molecule has 51 heavy (non-hydrogen) atoms. The molecule has 0 aromatic rings. The van der Waals surface area contributed by atoms with Gasteiger partial charge in [-0.15, -0.1) is 0 Å². The molecule has 1 aliphatic heterocycles. The van der Waals surface area contributed by atoms with Gasteiger partial charge in [0.1, 0.15) is 36.8 Å². The van der Waals surface area contributed by atoms with E-state index in [0.29, 0.717) is 32.1 Å². The van der Waals surface area contributed by atoms with Crippen LogP contribution in [0.1, 0.15) is 125 Å². The third kappa shape index (κ3) is 14.4. The number of ether oxygens (including phenoxy) is 1. The number of nitrogens with one attached hydrogen (secondary N) is 4. The number of cyclic esters (lactones) is 1. The van der Waals surface area contributed by atoms with Gasteiger partial charge in [-0.2, -0.15) is 0 Å². The minimum atomic E-state index is -1.47. The number of likely N-dealkylation sites (N-methyl/N-ethyl adjacent to an activating group) is 1. The van der Waals surface area contributed by atoms with Gasteiger partial charge < -0.3 is 41.7 Å². The SMILES string of the molecule is CCCCCCCCCC[C@H]1OC(=O)CNC(=O)[C@H]([C@H](C)O)NC(=O)[C@H](CN)NC(=O)C(C2CCCC2)NC(=O)[C@H](CC(C)C)N(C)C(=O)[C@@H]1C. The zero-order chi connectivity index (χ0) is 38.1. The molecule has 0 aromatic heterocycles. The summed E-state index contributed by atoms with van der Waals surface area (Å²) in [6.07, 6.45) is 10.2. The Labute approximate surface area is 304 Å². The van der Waals surface area contributed by atoms with Crippen LogP contribution in [-0.4, -0.2) is 102 Å². The Bertz CT molecular complexity index is 1140. The Balaban J connectivity index is 2.45. The quantitative estimate of drug-likeness (QED) is 0.114. The predicted molar refractivity (Wildman–Crippen MR) is 194 cm³/mol. The highest BCUT2D eigenvalue weighted by Crippen LogP contribution is 2.29. The Morgan fingerprint density at radius 3 is 2.02 bits per heavy atom. The third-order valence-electron chi connectivity index (χ3n) is 10.2. The van der Waals surface area contributed by atoms with Crippen molar-refractivity contribution in [3.8, 4) is 0 Å². The Morgan fingerprint density at radius 2 is 1.45 bits per heavy atom. The summed E-state index contributed by atoms with van der Waals surface area (Å²) in [5.74, 6) is -4.91. The number of nitrogens with zero attached hydrogens (tertiary/aromatic N) is 1. The van der Waals surface area contributed by atoms with Crippen molar-refractivity contribution >= 4 is 35.5 Å². The molecular weight excluding hydrogens is 656 g/mol. The van der Waals surface area contributed by atoms with Crippen LogP contribution in [0.2, 0.25) is 0 Å². The maximum Gasteiger partial charge on any atom is 0.325 e. The van der Waals surface area contributed by atoms with Gasteiger partial charge >= 0.3 is 5.97 Å². The minimum Gasteiger partial charge on any atom is -0.460 e. The molecular formula is C37H66N6O8. The topological polar surface area (TPSA) is 209 Å². The second-order valence-corrected chi connectivity index (χ2v) is 14.9. The summed E-state index contributed by atoms with van der Waals surface area (Å²) >= 11 is 0. The van der Waals surface area contributed by atoms with Crippen LogP contribution in [0.5, 0.6) is 0 Å². The number of hydrogen-bond acceptors (Lipinski definition) is 9. The van der Waals surface area contributed by atoms with Crippen LogP contribution in [0.25, 0.3) is 0 Å². The smallest absolute Gasteiger partial charge is 0.325 e. The molecule has 1 unspecified atom stereocenters. The molecule has 0 aromatic carbocycles. The number of hydrogen-bond donors (Lipinski definition) is 6. The number of esters is 1. The van der Waals surface area contributed by atoms with E-state index in [1.54, 1.807) is 14.0 Å². The van der Waals surface area contributed by atoms with Gasteiger partial charge in [-0.05, 0) is 50.9 Å². The van der Waals surface area contributed by atoms with E-state index in [1.165, 1.54) is 31.1 Å². The van der Waals surface area contributed by atoms with E-state index in [2.05, 4.69) is 28.2 Å². The molecule has 2 fully saturated rings. The fraction of sp³-hybridized carbons (Fsp3) is 0.838.